The van der Waals surface area contributed by atoms with Crippen molar-refractivity contribution in [2.75, 3.05) is 18.1 Å². The Balaban J connectivity index is 1.18. The lowest BCUT2D eigenvalue weighted by Gasteiger charge is -2.25. The molecule has 10 unspecified atom stereocenters. The van der Waals surface area contributed by atoms with Crippen molar-refractivity contribution in [2.24, 2.45) is 5.92 Å². The number of ether oxygens (including phenoxy) is 3. The van der Waals surface area contributed by atoms with Crippen LogP contribution in [-0.2, 0) is 27.8 Å². The number of hydrogen-bond acceptors (Lipinski definition) is 16. The maximum atomic E-state index is 15.7. The average molecular weight is 640 g/mol. The number of alkyl halides is 1. The summed E-state index contributed by atoms with van der Waals surface area (Å²) < 4.78 is 59.0. The number of anilines is 2. The Morgan fingerprint density at radius 1 is 1.00 bits per heavy atom. The van der Waals surface area contributed by atoms with Crippen LogP contribution >= 0.6 is 7.82 Å². The lowest BCUT2D eigenvalue weighted by molar-refractivity contribution is -0.243. The zero-order chi connectivity index (χ0) is 30.9. The van der Waals surface area contributed by atoms with Crippen LogP contribution < -0.4 is 17.0 Å². The molecule has 3 fully saturated rings. The highest BCUT2D eigenvalue weighted by Gasteiger charge is 2.53. The van der Waals surface area contributed by atoms with E-state index in [0.29, 0.717) is 0 Å². The number of aliphatic hydroxyl groups excluding tert-OH is 2. The van der Waals surface area contributed by atoms with Gasteiger partial charge in [0.25, 0.3) is 5.56 Å². The van der Waals surface area contributed by atoms with Crippen molar-refractivity contribution >= 4 is 41.9 Å². The lowest BCUT2D eigenvalue weighted by atomic mass is 9.93. The predicted octanol–water partition coefficient (Wildman–Crippen LogP) is -1.18. The van der Waals surface area contributed by atoms with Crippen molar-refractivity contribution in [1.82, 2.24) is 39.0 Å². The number of aromatic amines is 1. The van der Waals surface area contributed by atoms with E-state index in [-0.39, 0.29) is 46.9 Å². The SMILES string of the molecule is Nc1nc2c(ncn2C2OC3OC(O)CCC4C(COP(=O)(O)OC2C3F)OC(n2cnc3c(N)ncnc32)C4O)c(=O)[nH]1. The summed E-state index contributed by atoms with van der Waals surface area (Å²) in [6.07, 6.45) is -8.81. The van der Waals surface area contributed by atoms with Crippen molar-refractivity contribution in [1.29, 1.82) is 0 Å². The Morgan fingerprint density at radius 2 is 1.75 bits per heavy atom. The van der Waals surface area contributed by atoms with Gasteiger partial charge in [0.2, 0.25) is 5.95 Å². The standard InChI is InChI=1S/C22H26FN10O10P/c23-10-14-20(33-6-29-12-17(33)30-22(25)31-18(12)36)42-21(10)41-9(34)2-1-7-8(3-39-44(37,38)43-14)40-19(13(7)35)32-5-28-11-15(24)26-4-27-16(11)32/h4-10,13-14,19-21,34-35H,1-3H2,(H,37,38)(H2,24,26,27)(H3,25,30,31,36). The fraction of sp³-hybridized carbons (Fsp3) is 0.545. The van der Waals surface area contributed by atoms with Crippen molar-refractivity contribution in [3.8, 4) is 0 Å². The van der Waals surface area contributed by atoms with E-state index in [1.54, 1.807) is 0 Å². The molecule has 2 bridgehead atoms. The van der Waals surface area contributed by atoms with Gasteiger partial charge in [-0.1, -0.05) is 0 Å². The molecule has 44 heavy (non-hydrogen) atoms. The van der Waals surface area contributed by atoms with E-state index in [2.05, 4.69) is 29.9 Å². The van der Waals surface area contributed by atoms with Crippen LogP contribution in [0.3, 0.4) is 0 Å². The van der Waals surface area contributed by atoms with Gasteiger partial charge in [-0.15, -0.1) is 0 Å². The second-order valence-electron chi connectivity index (χ2n) is 10.4. The monoisotopic (exact) mass is 640 g/mol. The number of hydrogen-bond donors (Lipinski definition) is 6. The molecule has 3 aliphatic heterocycles. The number of imidazole rings is 2. The third-order valence-corrected chi connectivity index (χ3v) is 8.72. The number of aromatic nitrogens is 8. The minimum atomic E-state index is -5.07. The number of aliphatic hydroxyl groups is 2. The van der Waals surface area contributed by atoms with Crippen LogP contribution in [0.15, 0.2) is 23.8 Å². The first kappa shape index (κ1) is 29.1. The van der Waals surface area contributed by atoms with Gasteiger partial charge in [0.15, 0.2) is 59.9 Å². The summed E-state index contributed by atoms with van der Waals surface area (Å²) in [6, 6.07) is 0. The molecule has 3 aliphatic rings. The number of fused-ring (bicyclic) bond motifs is 5. The first-order valence-corrected chi connectivity index (χ1v) is 14.8. The van der Waals surface area contributed by atoms with Crippen molar-refractivity contribution in [3.63, 3.8) is 0 Å². The highest BCUT2D eigenvalue weighted by atomic mass is 31.2. The number of phosphoric acid groups is 1. The maximum absolute atomic E-state index is 15.7. The molecule has 4 aromatic heterocycles. The topological polar surface area (TPSA) is 283 Å². The van der Waals surface area contributed by atoms with Crippen LogP contribution in [0.1, 0.15) is 25.3 Å². The molecule has 0 spiro atoms. The van der Waals surface area contributed by atoms with Gasteiger partial charge in [0.1, 0.15) is 17.9 Å². The second-order valence-corrected chi connectivity index (χ2v) is 11.8. The lowest BCUT2D eigenvalue weighted by Crippen LogP contribution is -2.33. The van der Waals surface area contributed by atoms with E-state index in [9.17, 15) is 24.5 Å². The van der Waals surface area contributed by atoms with E-state index in [1.165, 1.54) is 17.2 Å². The Morgan fingerprint density at radius 3 is 2.55 bits per heavy atom. The molecule has 10 atom stereocenters. The van der Waals surface area contributed by atoms with Crippen LogP contribution in [0.25, 0.3) is 22.3 Å². The number of nitrogen functional groups attached to an aromatic ring is 2. The van der Waals surface area contributed by atoms with Crippen LogP contribution in [0.2, 0.25) is 0 Å². The molecule has 0 aromatic carbocycles. The van der Waals surface area contributed by atoms with E-state index >= 15 is 4.39 Å². The average Bonchev–Trinajstić information content (AvgIpc) is 3.72. The first-order chi connectivity index (χ1) is 21.0. The molecule has 7 heterocycles. The molecule has 7 rings (SSSR count). The number of phosphoric ester groups is 1. The zero-order valence-electron chi connectivity index (χ0n) is 22.4. The fourth-order valence-corrected chi connectivity index (χ4v) is 6.60. The van der Waals surface area contributed by atoms with Crippen LogP contribution in [0.5, 0.6) is 0 Å². The van der Waals surface area contributed by atoms with Crippen LogP contribution in [-0.4, -0.2) is 97.8 Å². The summed E-state index contributed by atoms with van der Waals surface area (Å²) in [5, 5.41) is 21.9. The quantitative estimate of drug-likeness (QED) is 0.141. The summed E-state index contributed by atoms with van der Waals surface area (Å²) in [4.78, 5) is 45.4. The summed E-state index contributed by atoms with van der Waals surface area (Å²) in [7, 11) is -5.07. The number of nitrogens with two attached hydrogens (primary N) is 2. The Hall–Kier alpha value is -3.66. The molecule has 20 nitrogen and oxygen atoms in total. The van der Waals surface area contributed by atoms with Gasteiger partial charge < -0.3 is 40.8 Å². The highest BCUT2D eigenvalue weighted by molar-refractivity contribution is 7.47. The smallest absolute Gasteiger partial charge is 0.388 e. The van der Waals surface area contributed by atoms with Crippen molar-refractivity contribution in [3.05, 3.63) is 29.3 Å². The third kappa shape index (κ3) is 4.91. The van der Waals surface area contributed by atoms with Crippen LogP contribution in [0, 0.1) is 5.92 Å². The minimum Gasteiger partial charge on any atom is -0.388 e. The Labute approximate surface area is 244 Å². The Bertz CT molecular complexity index is 1820. The van der Waals surface area contributed by atoms with Gasteiger partial charge in [-0.05, 0) is 12.8 Å². The molecular formula is C22H26FN10O10P. The van der Waals surface area contributed by atoms with Gasteiger partial charge in [0.05, 0.1) is 25.4 Å². The highest BCUT2D eigenvalue weighted by Crippen LogP contribution is 2.51. The molecule has 3 saturated heterocycles. The largest absolute Gasteiger partial charge is 0.472 e. The normalized spacial score (nSPS) is 36.6. The van der Waals surface area contributed by atoms with Crippen molar-refractivity contribution < 1.29 is 47.3 Å². The number of halogens is 1. The second kappa shape index (κ2) is 10.8. The predicted molar refractivity (Wildman–Crippen MR) is 141 cm³/mol. The Kier molecular flexibility index (Phi) is 7.10. The van der Waals surface area contributed by atoms with Gasteiger partial charge in [-0.25, -0.2) is 28.9 Å². The molecule has 0 radical (unpaired) electrons. The zero-order valence-corrected chi connectivity index (χ0v) is 23.3. The van der Waals surface area contributed by atoms with Gasteiger partial charge in [-0.3, -0.25) is 28.0 Å². The van der Waals surface area contributed by atoms with E-state index in [4.69, 9.17) is 34.7 Å². The summed E-state index contributed by atoms with van der Waals surface area (Å²) >= 11 is 0. The maximum Gasteiger partial charge on any atom is 0.472 e. The molecule has 0 aliphatic carbocycles. The molecule has 22 heteroatoms. The molecule has 0 saturated carbocycles. The van der Waals surface area contributed by atoms with Gasteiger partial charge in [-0.2, -0.15) is 4.98 Å². The van der Waals surface area contributed by atoms with Gasteiger partial charge in [0, 0.05) is 5.92 Å². The van der Waals surface area contributed by atoms with E-state index in [0.717, 1.165) is 10.9 Å². The molecular weight excluding hydrogens is 614 g/mol. The molecule has 0 amide bonds. The third-order valence-electron chi connectivity index (χ3n) is 7.73. The first-order valence-electron chi connectivity index (χ1n) is 13.3. The summed E-state index contributed by atoms with van der Waals surface area (Å²) in [5.74, 6) is -0.930. The van der Waals surface area contributed by atoms with Crippen LogP contribution in [0.4, 0.5) is 16.2 Å². The number of rotatable bonds is 2. The summed E-state index contributed by atoms with van der Waals surface area (Å²) in [5.41, 5.74) is 11.1. The number of nitrogens with zero attached hydrogens (tertiary/aromatic N) is 7. The number of H-pyrrole nitrogens is 1. The number of nitrogens with one attached hydrogen (secondary N) is 1. The minimum absolute atomic E-state index is 0.0435. The van der Waals surface area contributed by atoms with E-state index < -0.39 is 75.4 Å². The molecule has 8 N–H and O–H groups in total. The fourth-order valence-electron chi connectivity index (χ4n) is 5.68. The molecule has 236 valence electrons. The van der Waals surface area contributed by atoms with E-state index in [1.807, 2.05) is 0 Å². The molecule has 4 aromatic rings. The van der Waals surface area contributed by atoms with Crippen molar-refractivity contribution in [2.45, 2.75) is 62.4 Å². The van der Waals surface area contributed by atoms with Gasteiger partial charge >= 0.3 is 7.82 Å². The summed E-state index contributed by atoms with van der Waals surface area (Å²) in [6.45, 7) is -0.577.